The Morgan fingerprint density at radius 1 is 1.16 bits per heavy atom. The van der Waals surface area contributed by atoms with Crippen LogP contribution < -0.4 is 10.4 Å². The van der Waals surface area contributed by atoms with Gasteiger partial charge in [-0.2, -0.15) is 0 Å². The van der Waals surface area contributed by atoms with Gasteiger partial charge in [0.15, 0.2) is 0 Å². The Morgan fingerprint density at radius 2 is 1.94 bits per heavy atom. The number of aromatic nitrogens is 3. The fraction of sp³-hybridized carbons (Fsp3) is 0.174. The average molecular weight is 448 g/mol. The van der Waals surface area contributed by atoms with Crippen LogP contribution in [0.1, 0.15) is 21.6 Å². The number of H-pyrrole nitrogens is 1. The standard InChI is InChI=1S/C23H21N5O3S/c1-32(31)17-4-2-3-14(9-17)15-5-6-20-18(10-15)19-13-28(8-7-21(19)26-20)23-24-11-16(12-25-23)22(29)27-30/h2-6,9-12,26,30H,7-8,13H2,1H3,(H,27,29). The fourth-order valence-electron chi connectivity index (χ4n) is 4.09. The van der Waals surface area contributed by atoms with Gasteiger partial charge in [0.1, 0.15) is 0 Å². The number of aromatic amines is 1. The Hall–Kier alpha value is -3.56. The number of nitrogens with one attached hydrogen (secondary N) is 2. The lowest BCUT2D eigenvalue weighted by atomic mass is 10.00. The van der Waals surface area contributed by atoms with Crippen LogP contribution in [-0.2, 0) is 23.8 Å². The van der Waals surface area contributed by atoms with Crippen LogP contribution in [-0.4, -0.2) is 43.1 Å². The number of hydrogen-bond donors (Lipinski definition) is 3. The molecule has 2 aromatic heterocycles. The van der Waals surface area contributed by atoms with Gasteiger partial charge in [-0.15, -0.1) is 0 Å². The quantitative estimate of drug-likeness (QED) is 0.328. The summed E-state index contributed by atoms with van der Waals surface area (Å²) in [5.74, 6) is -0.105. The van der Waals surface area contributed by atoms with Crippen LogP contribution in [0, 0.1) is 0 Å². The monoisotopic (exact) mass is 447 g/mol. The smallest absolute Gasteiger partial charge is 0.277 e. The molecule has 0 radical (unpaired) electrons. The van der Waals surface area contributed by atoms with Crippen molar-refractivity contribution in [1.29, 1.82) is 0 Å². The molecule has 3 N–H and O–H groups in total. The maximum atomic E-state index is 11.9. The Labute approximate surface area is 186 Å². The van der Waals surface area contributed by atoms with E-state index < -0.39 is 16.7 Å². The summed E-state index contributed by atoms with van der Waals surface area (Å²) >= 11 is 0. The lowest BCUT2D eigenvalue weighted by Crippen LogP contribution is -2.31. The number of carbonyl (C=O) groups excluding carboxylic acids is 1. The minimum atomic E-state index is -1.03. The van der Waals surface area contributed by atoms with E-state index in [-0.39, 0.29) is 5.56 Å². The number of nitrogens with zero attached hydrogens (tertiary/aromatic N) is 3. The van der Waals surface area contributed by atoms with Gasteiger partial charge in [0.2, 0.25) is 5.95 Å². The van der Waals surface area contributed by atoms with Crippen molar-refractivity contribution in [2.24, 2.45) is 0 Å². The van der Waals surface area contributed by atoms with Gasteiger partial charge in [-0.1, -0.05) is 18.2 Å². The first-order chi connectivity index (χ1) is 15.5. The first-order valence-corrected chi connectivity index (χ1v) is 11.7. The summed E-state index contributed by atoms with van der Waals surface area (Å²) in [6.07, 6.45) is 5.32. The van der Waals surface area contributed by atoms with Crippen molar-refractivity contribution < 1.29 is 14.2 Å². The van der Waals surface area contributed by atoms with Crippen LogP contribution in [0.4, 0.5) is 5.95 Å². The second kappa shape index (κ2) is 8.18. The van der Waals surface area contributed by atoms with E-state index in [1.165, 1.54) is 23.7 Å². The largest absolute Gasteiger partial charge is 0.358 e. The SMILES string of the molecule is CS(=O)c1cccc(-c2ccc3[nH]c4c(c3c2)CN(c2ncc(C(=O)NO)cn2)CC4)c1. The lowest BCUT2D eigenvalue weighted by Gasteiger charge is -2.27. The van der Waals surface area contributed by atoms with Crippen molar-refractivity contribution in [2.45, 2.75) is 17.9 Å². The minimum absolute atomic E-state index is 0.195. The maximum absolute atomic E-state index is 11.9. The van der Waals surface area contributed by atoms with Crippen molar-refractivity contribution in [3.05, 3.63) is 71.7 Å². The summed E-state index contributed by atoms with van der Waals surface area (Å²) in [6.45, 7) is 1.39. The fourth-order valence-corrected chi connectivity index (χ4v) is 4.65. The number of fused-ring (bicyclic) bond motifs is 3. The van der Waals surface area contributed by atoms with Gasteiger partial charge in [-0.05, 0) is 35.4 Å². The topological polar surface area (TPSA) is 111 Å². The van der Waals surface area contributed by atoms with Crippen molar-refractivity contribution in [3.8, 4) is 11.1 Å². The highest BCUT2D eigenvalue weighted by atomic mass is 32.2. The van der Waals surface area contributed by atoms with Gasteiger partial charge in [-0.3, -0.25) is 14.2 Å². The highest BCUT2D eigenvalue weighted by Gasteiger charge is 2.23. The first-order valence-electron chi connectivity index (χ1n) is 10.1. The van der Waals surface area contributed by atoms with Crippen LogP contribution in [0.3, 0.4) is 0 Å². The zero-order chi connectivity index (χ0) is 22.2. The van der Waals surface area contributed by atoms with Crippen LogP contribution in [0.25, 0.3) is 22.0 Å². The van der Waals surface area contributed by atoms with Gasteiger partial charge in [-0.25, -0.2) is 15.4 Å². The van der Waals surface area contributed by atoms with Crippen molar-refractivity contribution in [1.82, 2.24) is 20.4 Å². The maximum Gasteiger partial charge on any atom is 0.277 e. The molecule has 0 aliphatic carbocycles. The number of amides is 1. The molecule has 4 aromatic rings. The van der Waals surface area contributed by atoms with Gasteiger partial charge in [0.25, 0.3) is 5.91 Å². The Balaban J connectivity index is 1.48. The van der Waals surface area contributed by atoms with Crippen molar-refractivity contribution in [2.75, 3.05) is 17.7 Å². The zero-order valence-corrected chi connectivity index (χ0v) is 18.1. The van der Waals surface area contributed by atoms with E-state index in [1.807, 2.05) is 24.3 Å². The molecule has 1 amide bonds. The molecule has 9 heteroatoms. The molecule has 1 unspecified atom stereocenters. The van der Waals surface area contributed by atoms with Crippen LogP contribution in [0.15, 0.2) is 59.8 Å². The summed E-state index contributed by atoms with van der Waals surface area (Å²) < 4.78 is 11.9. The summed E-state index contributed by atoms with van der Waals surface area (Å²) in [6, 6.07) is 14.1. The van der Waals surface area contributed by atoms with E-state index in [9.17, 15) is 9.00 Å². The molecule has 8 nitrogen and oxygen atoms in total. The molecule has 3 heterocycles. The highest BCUT2D eigenvalue weighted by molar-refractivity contribution is 7.84. The summed E-state index contributed by atoms with van der Waals surface area (Å²) in [7, 11) is -1.03. The van der Waals surface area contributed by atoms with Crippen molar-refractivity contribution >= 4 is 33.6 Å². The second-order valence-corrected chi connectivity index (χ2v) is 9.09. The molecule has 32 heavy (non-hydrogen) atoms. The predicted octanol–water partition coefficient (Wildman–Crippen LogP) is 3.04. The minimum Gasteiger partial charge on any atom is -0.358 e. The Morgan fingerprint density at radius 3 is 2.69 bits per heavy atom. The molecule has 1 aliphatic rings. The molecule has 0 saturated heterocycles. The van der Waals surface area contributed by atoms with E-state index in [0.717, 1.165) is 39.9 Å². The molecule has 1 aliphatic heterocycles. The number of benzene rings is 2. The second-order valence-electron chi connectivity index (χ2n) is 7.71. The van der Waals surface area contributed by atoms with E-state index in [2.05, 4.69) is 38.1 Å². The number of hydrogen-bond acceptors (Lipinski definition) is 6. The van der Waals surface area contributed by atoms with Gasteiger partial charge in [0, 0.05) is 76.0 Å². The number of rotatable bonds is 4. The number of anilines is 1. The molecule has 162 valence electrons. The van der Waals surface area contributed by atoms with Crippen LogP contribution in [0.2, 0.25) is 0 Å². The molecular formula is C23H21N5O3S. The van der Waals surface area contributed by atoms with E-state index >= 15 is 0 Å². The zero-order valence-electron chi connectivity index (χ0n) is 17.3. The summed E-state index contributed by atoms with van der Waals surface area (Å²) in [5.41, 5.74) is 7.36. The lowest BCUT2D eigenvalue weighted by molar-refractivity contribution is 0.0705. The van der Waals surface area contributed by atoms with E-state index in [0.29, 0.717) is 12.5 Å². The van der Waals surface area contributed by atoms with Crippen molar-refractivity contribution in [3.63, 3.8) is 0 Å². The third-order valence-corrected chi connectivity index (χ3v) is 6.68. The van der Waals surface area contributed by atoms with E-state index in [1.54, 1.807) is 11.7 Å². The number of carbonyl (C=O) groups is 1. The Bertz CT molecular complexity index is 1350. The first kappa shape index (κ1) is 20.3. The molecule has 5 rings (SSSR count). The van der Waals surface area contributed by atoms with Crippen LogP contribution >= 0.6 is 0 Å². The summed E-state index contributed by atoms with van der Waals surface area (Å²) in [4.78, 5) is 26.5. The number of hydroxylamine groups is 1. The third-order valence-electron chi connectivity index (χ3n) is 5.76. The molecule has 0 fully saturated rings. The van der Waals surface area contributed by atoms with E-state index in [4.69, 9.17) is 5.21 Å². The summed E-state index contributed by atoms with van der Waals surface area (Å²) in [5, 5.41) is 9.90. The molecule has 0 spiro atoms. The van der Waals surface area contributed by atoms with Gasteiger partial charge >= 0.3 is 0 Å². The molecular weight excluding hydrogens is 426 g/mol. The molecule has 2 aromatic carbocycles. The highest BCUT2D eigenvalue weighted by Crippen LogP contribution is 2.32. The predicted molar refractivity (Wildman–Crippen MR) is 122 cm³/mol. The van der Waals surface area contributed by atoms with Gasteiger partial charge in [0.05, 0.1) is 5.56 Å². The van der Waals surface area contributed by atoms with Gasteiger partial charge < -0.3 is 9.88 Å². The molecule has 1 atom stereocenters. The normalized spacial score (nSPS) is 14.2. The van der Waals surface area contributed by atoms with Crippen LogP contribution in [0.5, 0.6) is 0 Å². The third kappa shape index (κ3) is 3.65. The molecule has 0 saturated carbocycles. The molecule has 0 bridgehead atoms. The Kier molecular flexibility index (Phi) is 5.20. The average Bonchev–Trinajstić information content (AvgIpc) is 3.21.